The van der Waals surface area contributed by atoms with Gasteiger partial charge in [-0.1, -0.05) is 26.0 Å². The summed E-state index contributed by atoms with van der Waals surface area (Å²) in [7, 11) is 1.75. The lowest BCUT2D eigenvalue weighted by Crippen LogP contribution is -2.29. The second kappa shape index (κ2) is 8.05. The zero-order valence-electron chi connectivity index (χ0n) is 11.9. The Labute approximate surface area is 120 Å². The number of ether oxygens (including phenoxy) is 1. The normalized spacial score (nSPS) is 10.6. The number of benzene rings is 1. The molecule has 1 aromatic carbocycles. The molecule has 4 heteroatoms. The molecule has 3 nitrogen and oxygen atoms in total. The number of carbonyl (C=O) groups excluding carboxylic acids is 1. The van der Waals surface area contributed by atoms with Crippen LogP contribution in [-0.2, 0) is 4.79 Å². The number of amides is 1. The SMILES string of the molecule is CC(C)c1ccc(OCCCN(C)C(=O)CCl)cc1. The fraction of sp³-hybridized carbons (Fsp3) is 0.533. The van der Waals surface area contributed by atoms with Crippen molar-refractivity contribution in [1.82, 2.24) is 4.90 Å². The maximum Gasteiger partial charge on any atom is 0.237 e. The lowest BCUT2D eigenvalue weighted by molar-refractivity contribution is -0.127. The summed E-state index contributed by atoms with van der Waals surface area (Å²) in [5.41, 5.74) is 1.31. The molecule has 0 fully saturated rings. The predicted octanol–water partition coefficient (Wildman–Crippen LogP) is 3.28. The van der Waals surface area contributed by atoms with E-state index < -0.39 is 0 Å². The number of nitrogens with zero attached hydrogens (tertiary/aromatic N) is 1. The van der Waals surface area contributed by atoms with E-state index in [0.29, 0.717) is 19.1 Å². The van der Waals surface area contributed by atoms with Crippen LogP contribution in [0.5, 0.6) is 5.75 Å². The maximum absolute atomic E-state index is 11.2. The summed E-state index contributed by atoms with van der Waals surface area (Å²) < 4.78 is 5.63. The standard InChI is InChI=1S/C15H22ClNO2/c1-12(2)13-5-7-14(8-6-13)19-10-4-9-17(3)15(18)11-16/h5-8,12H,4,9-11H2,1-3H3. The summed E-state index contributed by atoms with van der Waals surface area (Å²) >= 11 is 5.47. The van der Waals surface area contributed by atoms with Crippen LogP contribution in [0.1, 0.15) is 31.7 Å². The van der Waals surface area contributed by atoms with Crippen molar-refractivity contribution < 1.29 is 9.53 Å². The molecule has 1 aromatic rings. The fourth-order valence-corrected chi connectivity index (χ4v) is 1.87. The molecule has 0 aliphatic carbocycles. The van der Waals surface area contributed by atoms with Crippen LogP contribution >= 0.6 is 11.6 Å². The molecule has 1 rings (SSSR count). The second-order valence-corrected chi connectivity index (χ2v) is 5.14. The minimum absolute atomic E-state index is 0.0357. The highest BCUT2D eigenvalue weighted by Crippen LogP contribution is 2.18. The number of halogens is 1. The second-order valence-electron chi connectivity index (χ2n) is 4.87. The van der Waals surface area contributed by atoms with Gasteiger partial charge >= 0.3 is 0 Å². The summed E-state index contributed by atoms with van der Waals surface area (Å²) in [6, 6.07) is 8.15. The summed E-state index contributed by atoms with van der Waals surface area (Å²) in [6.45, 7) is 5.59. The Morgan fingerprint density at radius 3 is 2.47 bits per heavy atom. The Morgan fingerprint density at radius 1 is 1.32 bits per heavy atom. The quantitative estimate of drug-likeness (QED) is 0.568. The summed E-state index contributed by atoms with van der Waals surface area (Å²) in [5.74, 6) is 1.39. The molecular formula is C15H22ClNO2. The van der Waals surface area contributed by atoms with Crippen LogP contribution in [0.25, 0.3) is 0 Å². The van der Waals surface area contributed by atoms with Crippen molar-refractivity contribution in [1.29, 1.82) is 0 Å². The van der Waals surface area contributed by atoms with Gasteiger partial charge in [0.15, 0.2) is 0 Å². The fourth-order valence-electron chi connectivity index (χ4n) is 1.67. The molecule has 1 amide bonds. The lowest BCUT2D eigenvalue weighted by atomic mass is 10.0. The molecule has 0 atom stereocenters. The molecule has 19 heavy (non-hydrogen) atoms. The Bertz CT molecular complexity index is 390. The summed E-state index contributed by atoms with van der Waals surface area (Å²) in [4.78, 5) is 12.9. The molecular weight excluding hydrogens is 262 g/mol. The first-order chi connectivity index (χ1) is 9.04. The molecule has 0 bridgehead atoms. The Kier molecular flexibility index (Phi) is 6.71. The van der Waals surface area contributed by atoms with Crippen molar-refractivity contribution in [3.63, 3.8) is 0 Å². The Morgan fingerprint density at radius 2 is 1.95 bits per heavy atom. The van der Waals surface area contributed by atoms with E-state index in [-0.39, 0.29) is 11.8 Å². The number of rotatable bonds is 7. The Balaban J connectivity index is 2.28. The molecule has 0 heterocycles. The molecule has 0 aromatic heterocycles. The van der Waals surface area contributed by atoms with E-state index in [4.69, 9.17) is 16.3 Å². The topological polar surface area (TPSA) is 29.5 Å². The third-order valence-corrected chi connectivity index (χ3v) is 3.22. The number of hydrogen-bond acceptors (Lipinski definition) is 2. The van der Waals surface area contributed by atoms with E-state index in [2.05, 4.69) is 26.0 Å². The van der Waals surface area contributed by atoms with Crippen molar-refractivity contribution in [2.45, 2.75) is 26.2 Å². The largest absolute Gasteiger partial charge is 0.494 e. The third kappa shape index (κ3) is 5.52. The average molecular weight is 284 g/mol. The van der Waals surface area contributed by atoms with Gasteiger partial charge in [0.1, 0.15) is 11.6 Å². The van der Waals surface area contributed by atoms with Gasteiger partial charge in [-0.3, -0.25) is 4.79 Å². The van der Waals surface area contributed by atoms with E-state index in [1.807, 2.05) is 12.1 Å². The van der Waals surface area contributed by atoms with Crippen molar-refractivity contribution in [3.05, 3.63) is 29.8 Å². The molecule has 0 aliphatic rings. The maximum atomic E-state index is 11.2. The van der Waals surface area contributed by atoms with Gasteiger partial charge in [-0.25, -0.2) is 0 Å². The van der Waals surface area contributed by atoms with Gasteiger partial charge in [-0.15, -0.1) is 11.6 Å². The molecule has 0 unspecified atom stereocenters. The molecule has 0 aliphatic heterocycles. The monoisotopic (exact) mass is 283 g/mol. The van der Waals surface area contributed by atoms with Gasteiger partial charge in [0.25, 0.3) is 0 Å². The van der Waals surface area contributed by atoms with Crippen molar-refractivity contribution in [2.75, 3.05) is 26.1 Å². The van der Waals surface area contributed by atoms with Gasteiger partial charge in [0.2, 0.25) is 5.91 Å². The van der Waals surface area contributed by atoms with E-state index in [9.17, 15) is 4.79 Å². The smallest absolute Gasteiger partial charge is 0.237 e. The van der Waals surface area contributed by atoms with Crippen molar-refractivity contribution in [2.24, 2.45) is 0 Å². The molecule has 0 saturated carbocycles. The van der Waals surface area contributed by atoms with Crippen molar-refractivity contribution >= 4 is 17.5 Å². The molecule has 0 N–H and O–H groups in total. The number of alkyl halides is 1. The van der Waals surface area contributed by atoms with Crippen LogP contribution < -0.4 is 4.74 Å². The zero-order chi connectivity index (χ0) is 14.3. The van der Waals surface area contributed by atoms with Gasteiger partial charge in [0.05, 0.1) is 6.61 Å². The van der Waals surface area contributed by atoms with Gasteiger partial charge in [-0.2, -0.15) is 0 Å². The van der Waals surface area contributed by atoms with Crippen molar-refractivity contribution in [3.8, 4) is 5.75 Å². The van der Waals surface area contributed by atoms with Crippen LogP contribution in [0.3, 0.4) is 0 Å². The van der Waals surface area contributed by atoms with E-state index in [0.717, 1.165) is 12.2 Å². The van der Waals surface area contributed by atoms with Crippen LogP contribution in [0, 0.1) is 0 Å². The molecule has 0 radical (unpaired) electrons. The van der Waals surface area contributed by atoms with Crippen LogP contribution in [0.4, 0.5) is 0 Å². The number of carbonyl (C=O) groups is 1. The molecule has 106 valence electrons. The first-order valence-electron chi connectivity index (χ1n) is 6.57. The number of hydrogen-bond donors (Lipinski definition) is 0. The van der Waals surface area contributed by atoms with E-state index in [1.165, 1.54) is 5.56 Å². The van der Waals surface area contributed by atoms with E-state index in [1.54, 1.807) is 11.9 Å². The summed E-state index contributed by atoms with van der Waals surface area (Å²) in [5, 5.41) is 0. The average Bonchev–Trinajstić information content (AvgIpc) is 2.42. The first-order valence-corrected chi connectivity index (χ1v) is 7.10. The predicted molar refractivity (Wildman–Crippen MR) is 79.0 cm³/mol. The van der Waals surface area contributed by atoms with Gasteiger partial charge in [-0.05, 0) is 30.0 Å². The highest BCUT2D eigenvalue weighted by molar-refractivity contribution is 6.27. The molecule has 0 spiro atoms. The first kappa shape index (κ1) is 15.8. The highest BCUT2D eigenvalue weighted by Gasteiger charge is 2.06. The van der Waals surface area contributed by atoms with E-state index >= 15 is 0 Å². The zero-order valence-corrected chi connectivity index (χ0v) is 12.6. The van der Waals surface area contributed by atoms with Crippen LogP contribution in [-0.4, -0.2) is 36.9 Å². The van der Waals surface area contributed by atoms with Gasteiger partial charge < -0.3 is 9.64 Å². The van der Waals surface area contributed by atoms with Crippen LogP contribution in [0.15, 0.2) is 24.3 Å². The molecule has 0 saturated heterocycles. The van der Waals surface area contributed by atoms with Gasteiger partial charge in [0, 0.05) is 13.6 Å². The van der Waals surface area contributed by atoms with Crippen LogP contribution in [0.2, 0.25) is 0 Å². The lowest BCUT2D eigenvalue weighted by Gasteiger charge is -2.15. The highest BCUT2D eigenvalue weighted by atomic mass is 35.5. The third-order valence-electron chi connectivity index (χ3n) is 2.99. The minimum atomic E-state index is -0.0528. The summed E-state index contributed by atoms with van der Waals surface area (Å²) in [6.07, 6.45) is 0.797. The Hall–Kier alpha value is -1.22. The minimum Gasteiger partial charge on any atom is -0.494 e.